The summed E-state index contributed by atoms with van der Waals surface area (Å²) in [6, 6.07) is 5.60. The van der Waals surface area contributed by atoms with Crippen molar-refractivity contribution in [2.75, 3.05) is 26.2 Å². The standard InChI is InChI=1S/C16H24N2O5S/c1-4-11-18(12-15(19)20)24(22,23)14-9-7-13(8-10-14)16(21)17(5-2)6-3/h7-10H,4-6,11-12H2,1-3H3,(H,19,20). The second kappa shape index (κ2) is 8.79. The fourth-order valence-electron chi connectivity index (χ4n) is 2.30. The van der Waals surface area contributed by atoms with Gasteiger partial charge in [-0.2, -0.15) is 4.31 Å². The predicted octanol–water partition coefficient (Wildman–Crippen LogP) is 1.65. The van der Waals surface area contributed by atoms with Crippen LogP contribution in [0, 0.1) is 0 Å². The molecule has 0 bridgehead atoms. The Kier molecular flexibility index (Phi) is 7.37. The number of hydrogen-bond donors (Lipinski definition) is 1. The molecule has 0 saturated heterocycles. The third kappa shape index (κ3) is 4.78. The number of aliphatic carboxylic acids is 1. The van der Waals surface area contributed by atoms with Crippen LogP contribution in [0.5, 0.6) is 0 Å². The number of sulfonamides is 1. The summed E-state index contributed by atoms with van der Waals surface area (Å²) in [6.07, 6.45) is 0.505. The van der Waals surface area contributed by atoms with Crippen LogP contribution in [0.4, 0.5) is 0 Å². The van der Waals surface area contributed by atoms with E-state index in [1.54, 1.807) is 11.8 Å². The maximum Gasteiger partial charge on any atom is 0.318 e. The Hall–Kier alpha value is -1.93. The van der Waals surface area contributed by atoms with Gasteiger partial charge in [-0.1, -0.05) is 6.92 Å². The van der Waals surface area contributed by atoms with Crippen molar-refractivity contribution in [2.45, 2.75) is 32.1 Å². The largest absolute Gasteiger partial charge is 0.480 e. The lowest BCUT2D eigenvalue weighted by Crippen LogP contribution is -2.36. The fourth-order valence-corrected chi connectivity index (χ4v) is 3.78. The number of rotatable bonds is 9. The Morgan fingerprint density at radius 1 is 1.04 bits per heavy atom. The summed E-state index contributed by atoms with van der Waals surface area (Å²) < 4.78 is 26.0. The van der Waals surface area contributed by atoms with Crippen molar-refractivity contribution in [3.8, 4) is 0 Å². The molecule has 0 radical (unpaired) electrons. The molecule has 0 unspecified atom stereocenters. The van der Waals surface area contributed by atoms with Gasteiger partial charge in [-0.05, 0) is 44.5 Å². The van der Waals surface area contributed by atoms with Crippen LogP contribution in [0.15, 0.2) is 29.2 Å². The molecule has 134 valence electrons. The van der Waals surface area contributed by atoms with Gasteiger partial charge >= 0.3 is 5.97 Å². The van der Waals surface area contributed by atoms with Crippen LogP contribution in [0.25, 0.3) is 0 Å². The molecule has 7 nitrogen and oxygen atoms in total. The van der Waals surface area contributed by atoms with E-state index in [1.165, 1.54) is 24.3 Å². The number of carboxylic acid groups (broad SMARTS) is 1. The smallest absolute Gasteiger partial charge is 0.318 e. The summed E-state index contributed by atoms with van der Waals surface area (Å²) in [4.78, 5) is 24.7. The number of nitrogens with zero attached hydrogens (tertiary/aromatic N) is 2. The average Bonchev–Trinajstić information content (AvgIpc) is 2.55. The monoisotopic (exact) mass is 356 g/mol. The van der Waals surface area contributed by atoms with Gasteiger partial charge in [0, 0.05) is 25.2 Å². The molecule has 8 heteroatoms. The molecule has 1 aromatic rings. The molecule has 0 aromatic heterocycles. The molecule has 0 aliphatic carbocycles. The summed E-state index contributed by atoms with van der Waals surface area (Å²) in [6.45, 7) is 6.18. The van der Waals surface area contributed by atoms with Gasteiger partial charge in [0.2, 0.25) is 10.0 Å². The second-order valence-corrected chi connectivity index (χ2v) is 7.17. The zero-order valence-corrected chi connectivity index (χ0v) is 15.0. The lowest BCUT2D eigenvalue weighted by molar-refractivity contribution is -0.137. The Labute approximate surface area is 142 Å². The highest BCUT2D eigenvalue weighted by molar-refractivity contribution is 7.89. The van der Waals surface area contributed by atoms with Gasteiger partial charge in [-0.25, -0.2) is 8.42 Å². The minimum atomic E-state index is -3.90. The summed E-state index contributed by atoms with van der Waals surface area (Å²) in [7, 11) is -3.90. The predicted molar refractivity (Wildman–Crippen MR) is 90.4 cm³/mol. The lowest BCUT2D eigenvalue weighted by atomic mass is 10.2. The van der Waals surface area contributed by atoms with Crippen LogP contribution in [-0.2, 0) is 14.8 Å². The van der Waals surface area contributed by atoms with Gasteiger partial charge in [-0.3, -0.25) is 9.59 Å². The van der Waals surface area contributed by atoms with E-state index in [-0.39, 0.29) is 17.3 Å². The molecule has 0 heterocycles. The molecule has 1 aromatic carbocycles. The molecule has 1 amide bonds. The first kappa shape index (κ1) is 20.1. The average molecular weight is 356 g/mol. The SMILES string of the molecule is CCCN(CC(=O)O)S(=O)(=O)c1ccc(C(=O)N(CC)CC)cc1. The van der Waals surface area contributed by atoms with Gasteiger partial charge in [0.05, 0.1) is 4.90 Å². The van der Waals surface area contributed by atoms with E-state index in [0.717, 1.165) is 4.31 Å². The molecular weight excluding hydrogens is 332 g/mol. The summed E-state index contributed by atoms with van der Waals surface area (Å²) in [5, 5.41) is 8.90. The minimum Gasteiger partial charge on any atom is -0.480 e. The zero-order chi connectivity index (χ0) is 18.3. The number of carboxylic acids is 1. The second-order valence-electron chi connectivity index (χ2n) is 5.23. The third-order valence-corrected chi connectivity index (χ3v) is 5.43. The van der Waals surface area contributed by atoms with Crippen molar-refractivity contribution in [3.05, 3.63) is 29.8 Å². The number of benzene rings is 1. The minimum absolute atomic E-state index is 0.0201. The first-order chi connectivity index (χ1) is 11.3. The molecule has 1 N–H and O–H groups in total. The van der Waals surface area contributed by atoms with Crippen molar-refractivity contribution in [1.82, 2.24) is 9.21 Å². The quantitative estimate of drug-likeness (QED) is 0.726. The number of carbonyl (C=O) groups is 2. The van der Waals surface area contributed by atoms with E-state index in [2.05, 4.69) is 0 Å². The Morgan fingerprint density at radius 3 is 2.00 bits per heavy atom. The maximum atomic E-state index is 12.6. The van der Waals surface area contributed by atoms with Crippen molar-refractivity contribution in [1.29, 1.82) is 0 Å². The van der Waals surface area contributed by atoms with Gasteiger partial charge in [0.25, 0.3) is 5.91 Å². The van der Waals surface area contributed by atoms with E-state index >= 15 is 0 Å². The zero-order valence-electron chi connectivity index (χ0n) is 14.2. The van der Waals surface area contributed by atoms with Crippen molar-refractivity contribution in [2.24, 2.45) is 0 Å². The normalized spacial score (nSPS) is 11.5. The summed E-state index contributed by atoms with van der Waals surface area (Å²) >= 11 is 0. The molecule has 1 rings (SSSR count). The van der Waals surface area contributed by atoms with Gasteiger partial charge in [0.1, 0.15) is 6.54 Å². The highest BCUT2D eigenvalue weighted by Crippen LogP contribution is 2.17. The molecule has 0 aliphatic rings. The molecule has 0 aliphatic heterocycles. The van der Waals surface area contributed by atoms with Crippen LogP contribution >= 0.6 is 0 Å². The number of hydrogen-bond acceptors (Lipinski definition) is 4. The summed E-state index contributed by atoms with van der Waals surface area (Å²) in [5.41, 5.74) is 0.401. The Balaban J connectivity index is 3.09. The highest BCUT2D eigenvalue weighted by Gasteiger charge is 2.26. The van der Waals surface area contributed by atoms with E-state index < -0.39 is 22.5 Å². The van der Waals surface area contributed by atoms with E-state index in [0.29, 0.717) is 25.1 Å². The van der Waals surface area contributed by atoms with Gasteiger partial charge < -0.3 is 10.0 Å². The molecular formula is C16H24N2O5S. The van der Waals surface area contributed by atoms with Gasteiger partial charge in [0.15, 0.2) is 0 Å². The lowest BCUT2D eigenvalue weighted by Gasteiger charge is -2.21. The number of amides is 1. The van der Waals surface area contributed by atoms with E-state index in [9.17, 15) is 18.0 Å². The van der Waals surface area contributed by atoms with Crippen molar-refractivity contribution in [3.63, 3.8) is 0 Å². The van der Waals surface area contributed by atoms with E-state index in [4.69, 9.17) is 5.11 Å². The topological polar surface area (TPSA) is 95.0 Å². The van der Waals surface area contributed by atoms with E-state index in [1.807, 2.05) is 13.8 Å². The van der Waals surface area contributed by atoms with Crippen LogP contribution < -0.4 is 0 Å². The van der Waals surface area contributed by atoms with Crippen LogP contribution in [0.2, 0.25) is 0 Å². The van der Waals surface area contributed by atoms with Crippen molar-refractivity contribution < 1.29 is 23.1 Å². The molecule has 24 heavy (non-hydrogen) atoms. The Morgan fingerprint density at radius 2 is 1.58 bits per heavy atom. The third-order valence-electron chi connectivity index (χ3n) is 3.57. The van der Waals surface area contributed by atoms with Crippen LogP contribution in [-0.4, -0.2) is 60.8 Å². The Bertz CT molecular complexity index is 666. The maximum absolute atomic E-state index is 12.6. The highest BCUT2D eigenvalue weighted by atomic mass is 32.2. The fraction of sp³-hybridized carbons (Fsp3) is 0.500. The first-order valence-corrected chi connectivity index (χ1v) is 9.33. The molecule has 0 fully saturated rings. The van der Waals surface area contributed by atoms with Crippen LogP contribution in [0.3, 0.4) is 0 Å². The van der Waals surface area contributed by atoms with Crippen molar-refractivity contribution >= 4 is 21.9 Å². The molecule has 0 saturated carbocycles. The first-order valence-electron chi connectivity index (χ1n) is 7.89. The van der Waals surface area contributed by atoms with Gasteiger partial charge in [-0.15, -0.1) is 0 Å². The molecule has 0 atom stereocenters. The van der Waals surface area contributed by atoms with Crippen LogP contribution in [0.1, 0.15) is 37.6 Å². The summed E-state index contributed by atoms with van der Waals surface area (Å²) in [5.74, 6) is -1.37. The molecule has 0 spiro atoms. The number of carbonyl (C=O) groups excluding carboxylic acids is 1.